The third kappa shape index (κ3) is 7.75. The molecule has 0 aromatic carbocycles. The Kier molecular flexibility index (Phi) is 10.4. The van der Waals surface area contributed by atoms with Gasteiger partial charge < -0.3 is 24.3 Å². The van der Waals surface area contributed by atoms with E-state index in [1.807, 2.05) is 0 Å². The van der Waals surface area contributed by atoms with Crippen LogP contribution in [0.1, 0.15) is 62.7 Å². The molecule has 2 N–H and O–H groups in total. The zero-order valence-electron chi connectivity index (χ0n) is 19.9. The number of aliphatic hydroxyl groups excluding tert-OH is 1. The number of ether oxygens (including phenoxy) is 2. The molecular formula is C21H43NO5Si. The zero-order valence-corrected chi connectivity index (χ0v) is 20.3. The highest BCUT2D eigenvalue weighted by molar-refractivity contribution is 6.27. The van der Waals surface area contributed by atoms with E-state index in [4.69, 9.17) is 15.3 Å². The summed E-state index contributed by atoms with van der Waals surface area (Å²) in [6.45, 7) is 15.6. The molecule has 0 spiro atoms. The van der Waals surface area contributed by atoms with Crippen molar-refractivity contribution >= 4 is 15.7 Å². The minimum absolute atomic E-state index is 0.106. The van der Waals surface area contributed by atoms with Crippen LogP contribution in [-0.2, 0) is 18.7 Å². The van der Waals surface area contributed by atoms with Crippen LogP contribution in [0.4, 0.5) is 0 Å². The topological polar surface area (TPSA) is 77.0 Å². The van der Waals surface area contributed by atoms with Gasteiger partial charge in [0, 0.05) is 13.0 Å². The molecule has 0 saturated carbocycles. The van der Waals surface area contributed by atoms with Gasteiger partial charge in [0.1, 0.15) is 12.7 Å². The quantitative estimate of drug-likeness (QED) is 0.354. The van der Waals surface area contributed by atoms with E-state index in [-0.39, 0.29) is 24.5 Å². The van der Waals surface area contributed by atoms with Crippen molar-refractivity contribution in [1.82, 2.24) is 5.32 Å². The maximum absolute atomic E-state index is 11.9. The van der Waals surface area contributed by atoms with E-state index in [0.717, 1.165) is 12.5 Å². The van der Waals surface area contributed by atoms with Gasteiger partial charge in [-0.05, 0) is 43.1 Å². The molecule has 0 aliphatic carbocycles. The number of carbonyl (C=O) groups excluding carboxylic acids is 1. The van der Waals surface area contributed by atoms with Crippen LogP contribution >= 0.6 is 0 Å². The fourth-order valence-electron chi connectivity index (χ4n) is 3.59. The van der Waals surface area contributed by atoms with Gasteiger partial charge in [-0.2, -0.15) is 0 Å². The maximum atomic E-state index is 11.9. The molecule has 1 aliphatic rings. The summed E-state index contributed by atoms with van der Waals surface area (Å²) in [6.07, 6.45) is -0.555. The predicted octanol–water partition coefficient (Wildman–Crippen LogP) is 2.48. The molecule has 0 bridgehead atoms. The lowest BCUT2D eigenvalue weighted by atomic mass is 9.71. The molecule has 6 nitrogen and oxygen atoms in total. The number of amides is 1. The number of aliphatic hydroxyl groups is 1. The Morgan fingerprint density at radius 3 is 2.39 bits per heavy atom. The molecule has 1 heterocycles. The molecule has 1 rings (SSSR count). The first-order valence-electron chi connectivity index (χ1n) is 11.3. The molecular weight excluding hydrogens is 374 g/mol. The van der Waals surface area contributed by atoms with E-state index < -0.39 is 28.7 Å². The molecule has 0 aromatic heterocycles. The Morgan fingerprint density at radius 2 is 1.89 bits per heavy atom. The van der Waals surface area contributed by atoms with Crippen LogP contribution in [0.25, 0.3) is 0 Å². The minimum atomic E-state index is -1.12. The first kappa shape index (κ1) is 23.8. The monoisotopic (exact) mass is 419 g/mol. The fraction of sp³-hybridized carbons (Fsp3) is 0.952. The van der Waals surface area contributed by atoms with Gasteiger partial charge in [0.15, 0.2) is 16.1 Å². The van der Waals surface area contributed by atoms with Crippen molar-refractivity contribution in [2.75, 3.05) is 19.7 Å². The van der Waals surface area contributed by atoms with Crippen LogP contribution in [-0.4, -0.2) is 58.5 Å². The number of rotatable bonds is 13. The Balaban J connectivity index is 2.27. The van der Waals surface area contributed by atoms with E-state index in [9.17, 15) is 9.90 Å². The average molecular weight is 420 g/mol. The van der Waals surface area contributed by atoms with Crippen molar-refractivity contribution in [2.24, 2.45) is 23.7 Å². The number of hydrogen-bond acceptors (Lipinski definition) is 5. The molecule has 7 heteroatoms. The van der Waals surface area contributed by atoms with Gasteiger partial charge in [-0.15, -0.1) is 0 Å². The zero-order chi connectivity index (χ0) is 22.2. The van der Waals surface area contributed by atoms with Crippen LogP contribution in [0.5, 0.6) is 0 Å². The Bertz CT molecular complexity index is 480. The molecule has 1 amide bonds. The van der Waals surface area contributed by atoms with Crippen molar-refractivity contribution in [3.05, 3.63) is 0 Å². The second-order valence-corrected chi connectivity index (χ2v) is 10.3. The lowest BCUT2D eigenvalue weighted by Gasteiger charge is -2.45. The van der Waals surface area contributed by atoms with Gasteiger partial charge in [-0.3, -0.25) is 4.79 Å². The summed E-state index contributed by atoms with van der Waals surface area (Å²) in [5, 5.41) is 12.4. The average Bonchev–Trinajstić information content (AvgIpc) is 2.98. The molecule has 0 radical (unpaired) electrons. The predicted molar refractivity (Wildman–Crippen MR) is 115 cm³/mol. The van der Waals surface area contributed by atoms with E-state index in [2.05, 4.69) is 53.8 Å². The highest BCUT2D eigenvalue weighted by Crippen LogP contribution is 2.38. The van der Waals surface area contributed by atoms with E-state index >= 15 is 0 Å². The number of carbonyl (C=O) groups is 1. The van der Waals surface area contributed by atoms with Crippen LogP contribution in [0.3, 0.4) is 0 Å². The fourth-order valence-corrected chi connectivity index (χ4v) is 5.15. The molecule has 1 saturated heterocycles. The summed E-state index contributed by atoms with van der Waals surface area (Å²) < 4.78 is 24.2. The van der Waals surface area contributed by atoms with Crippen molar-refractivity contribution in [3.8, 4) is 0 Å². The van der Waals surface area contributed by atoms with Crippen LogP contribution in [0, 0.1) is 23.7 Å². The molecule has 5 unspecified atom stereocenters. The van der Waals surface area contributed by atoms with Crippen molar-refractivity contribution in [1.29, 1.82) is 0 Å². The van der Waals surface area contributed by atoms with Gasteiger partial charge in [0.25, 0.3) is 0 Å². The summed E-state index contributed by atoms with van der Waals surface area (Å²) in [5.41, 5.74) is -0.106. The molecule has 1 aliphatic heterocycles. The Morgan fingerprint density at radius 1 is 1.29 bits per heavy atom. The van der Waals surface area contributed by atoms with Crippen LogP contribution in [0.15, 0.2) is 0 Å². The number of hydrogen-bond donors (Lipinski definition) is 2. The summed E-state index contributed by atoms with van der Waals surface area (Å²) in [5.74, 6) is 1.91. The second kappa shape index (κ2) is 12.3. The second-order valence-electron chi connectivity index (χ2n) is 8.93. The summed E-state index contributed by atoms with van der Waals surface area (Å²) in [7, 11) is -0.677. The van der Waals surface area contributed by atoms with E-state index in [1.165, 1.54) is 0 Å². The van der Waals surface area contributed by atoms with Gasteiger partial charge in [0.2, 0.25) is 5.91 Å². The van der Waals surface area contributed by atoms with Crippen molar-refractivity contribution < 1.29 is 25.2 Å². The summed E-state index contributed by atoms with van der Waals surface area (Å²) in [6, 6.07) is 1.02. The maximum Gasteiger partial charge on any atom is 0.246 e. The normalized spacial score (nSPS) is 27.9. The van der Waals surface area contributed by atoms with Crippen LogP contribution in [0.2, 0.25) is 6.04 Å². The van der Waals surface area contributed by atoms with E-state index in [0.29, 0.717) is 30.2 Å². The highest BCUT2D eigenvalue weighted by Gasteiger charge is 2.39. The lowest BCUT2D eigenvalue weighted by Crippen LogP contribution is -2.47. The first-order chi connectivity index (χ1) is 13.5. The van der Waals surface area contributed by atoms with Crippen LogP contribution < -0.4 is 5.32 Å². The Hall–Kier alpha value is -0.473. The van der Waals surface area contributed by atoms with Gasteiger partial charge in [-0.1, -0.05) is 41.5 Å². The molecule has 166 valence electrons. The molecule has 28 heavy (non-hydrogen) atoms. The van der Waals surface area contributed by atoms with E-state index in [1.54, 1.807) is 0 Å². The largest absolute Gasteiger partial charge is 0.418 e. The first-order valence-corrected chi connectivity index (χ1v) is 12.3. The minimum Gasteiger partial charge on any atom is -0.418 e. The Labute approximate surface area is 175 Å². The molecule has 5 atom stereocenters. The van der Waals surface area contributed by atoms with Gasteiger partial charge in [0.05, 0.1) is 13.6 Å². The molecule has 0 aromatic rings. The summed E-state index contributed by atoms with van der Waals surface area (Å²) >= 11 is 0. The highest BCUT2D eigenvalue weighted by atomic mass is 28.2. The smallest absolute Gasteiger partial charge is 0.246 e. The third-order valence-electron chi connectivity index (χ3n) is 6.43. The van der Waals surface area contributed by atoms with Gasteiger partial charge in [-0.25, -0.2) is 0 Å². The van der Waals surface area contributed by atoms with Crippen molar-refractivity contribution in [2.45, 2.75) is 85.3 Å². The standard InChI is InChI=1S/C21H43NO5Si/c1-14(2)16(5)21(7,17(6)15(3)4)27-28-12-8-10-22-19(23)13-26-18-9-11-25-20(18)24/h14-18,20,24H,8-13,28H2,1-7H3,(H,22,23)/i11T. The SMILES string of the molecule is [3H]C1CC(OCC(=O)NCCC[SiH2]OC(C)(C(C)C(C)C)C(C)C(C)C)C(O)O1. The van der Waals surface area contributed by atoms with Crippen molar-refractivity contribution in [3.63, 3.8) is 0 Å². The summed E-state index contributed by atoms with van der Waals surface area (Å²) in [4.78, 5) is 11.9. The van der Waals surface area contributed by atoms with Gasteiger partial charge >= 0.3 is 0 Å². The lowest BCUT2D eigenvalue weighted by molar-refractivity contribution is -0.143. The molecule has 1 fully saturated rings. The third-order valence-corrected chi connectivity index (χ3v) is 8.04. The number of nitrogens with one attached hydrogen (secondary N) is 1.